The molecule has 0 unspecified atom stereocenters. The number of nitrogens with zero attached hydrogens (tertiary/aromatic N) is 2. The number of anilines is 1. The van der Waals surface area contributed by atoms with E-state index in [2.05, 4.69) is 21.6 Å². The maximum Gasteiger partial charge on any atom is 0.321 e. The molecule has 4 rings (SSSR count). The topological polar surface area (TPSA) is 70.2 Å². The molecule has 0 spiro atoms. The van der Waals surface area contributed by atoms with Gasteiger partial charge in [0.05, 0.1) is 12.8 Å². The van der Waals surface area contributed by atoms with Gasteiger partial charge in [-0.15, -0.1) is 0 Å². The highest BCUT2D eigenvalue weighted by atomic mass is 19.1. The second-order valence-corrected chi connectivity index (χ2v) is 7.14. The minimum absolute atomic E-state index is 0.198. The molecule has 0 saturated carbocycles. The lowest BCUT2D eigenvalue weighted by molar-refractivity contribution is 0.194. The summed E-state index contributed by atoms with van der Waals surface area (Å²) in [5.74, 6) is 0.748. The van der Waals surface area contributed by atoms with Crippen molar-refractivity contribution in [2.75, 3.05) is 25.5 Å². The van der Waals surface area contributed by atoms with Crippen LogP contribution in [0.2, 0.25) is 0 Å². The number of carbonyl (C=O) groups is 1. The molecular weight excluding hydrogens is 371 g/mol. The highest BCUT2D eigenvalue weighted by molar-refractivity contribution is 5.89. The summed E-state index contributed by atoms with van der Waals surface area (Å²) in [6, 6.07) is 15.6. The summed E-state index contributed by atoms with van der Waals surface area (Å²) in [5.41, 5.74) is 3.42. The van der Waals surface area contributed by atoms with E-state index in [1.54, 1.807) is 24.1 Å². The Morgan fingerprint density at radius 1 is 1.17 bits per heavy atom. The third-order valence-corrected chi connectivity index (χ3v) is 5.26. The minimum atomic E-state index is -0.368. The number of nitrogens with one attached hydrogen (secondary N) is 2. The zero-order chi connectivity index (χ0) is 20.2. The highest BCUT2D eigenvalue weighted by Gasteiger charge is 2.25. The smallest absolute Gasteiger partial charge is 0.321 e. The molecule has 1 aliphatic heterocycles. The van der Waals surface area contributed by atoms with Gasteiger partial charge in [0.15, 0.2) is 0 Å². The van der Waals surface area contributed by atoms with Crippen molar-refractivity contribution >= 4 is 11.7 Å². The number of aromatic amines is 1. The van der Waals surface area contributed by atoms with Gasteiger partial charge < -0.3 is 15.0 Å². The number of rotatable bonds is 4. The molecule has 2 heterocycles. The molecule has 2 aromatic carbocycles. The summed E-state index contributed by atoms with van der Waals surface area (Å²) in [7, 11) is 1.65. The average Bonchev–Trinajstić information content (AvgIpc) is 3.24. The highest BCUT2D eigenvalue weighted by Crippen LogP contribution is 2.30. The molecule has 1 aliphatic rings. The third-order valence-electron chi connectivity index (χ3n) is 5.26. The molecule has 0 atom stereocenters. The number of carbonyl (C=O) groups excluding carboxylic acids is 1. The number of urea groups is 1. The number of piperidine rings is 1. The van der Waals surface area contributed by atoms with Gasteiger partial charge in [0.1, 0.15) is 11.6 Å². The van der Waals surface area contributed by atoms with Crippen LogP contribution in [0.4, 0.5) is 14.9 Å². The van der Waals surface area contributed by atoms with Crippen LogP contribution in [0.3, 0.4) is 0 Å². The molecule has 0 bridgehead atoms. The SMILES string of the molecule is COc1cccc(-c2cc(C3CCN(C(=O)Nc4cccc(F)c4)CC3)[nH]n2)c1. The maximum atomic E-state index is 13.3. The van der Waals surface area contributed by atoms with Crippen LogP contribution in [0.25, 0.3) is 11.3 Å². The Bertz CT molecular complexity index is 996. The number of methoxy groups -OCH3 is 1. The number of halogens is 1. The van der Waals surface area contributed by atoms with Crippen LogP contribution in [0.1, 0.15) is 24.5 Å². The van der Waals surface area contributed by atoms with Crippen molar-refractivity contribution in [2.24, 2.45) is 0 Å². The van der Waals surface area contributed by atoms with E-state index in [1.165, 1.54) is 12.1 Å². The second-order valence-electron chi connectivity index (χ2n) is 7.14. The van der Waals surface area contributed by atoms with Gasteiger partial charge in [0.2, 0.25) is 0 Å². The largest absolute Gasteiger partial charge is 0.497 e. The van der Waals surface area contributed by atoms with Crippen LogP contribution in [-0.2, 0) is 0 Å². The molecule has 2 amide bonds. The number of hydrogen-bond acceptors (Lipinski definition) is 3. The standard InChI is InChI=1S/C22H23FN4O2/c1-29-19-7-2-4-16(12-19)21-14-20(25-26-21)15-8-10-27(11-9-15)22(28)24-18-6-3-5-17(23)13-18/h2-7,12-15H,8-11H2,1H3,(H,24,28)(H,25,26). The van der Waals surface area contributed by atoms with Crippen molar-refractivity contribution in [3.8, 4) is 17.0 Å². The van der Waals surface area contributed by atoms with Gasteiger partial charge in [0, 0.05) is 36.0 Å². The second kappa shape index (κ2) is 8.34. The van der Waals surface area contributed by atoms with Crippen molar-refractivity contribution in [1.29, 1.82) is 0 Å². The Morgan fingerprint density at radius 3 is 2.72 bits per heavy atom. The first kappa shape index (κ1) is 19.0. The number of aromatic nitrogens is 2. The third kappa shape index (κ3) is 4.39. The van der Waals surface area contributed by atoms with Crippen LogP contribution in [0, 0.1) is 5.82 Å². The molecular formula is C22H23FN4O2. The predicted octanol–water partition coefficient (Wildman–Crippen LogP) is 4.64. The van der Waals surface area contributed by atoms with Crippen LogP contribution in [0.5, 0.6) is 5.75 Å². The van der Waals surface area contributed by atoms with E-state index in [-0.39, 0.29) is 11.8 Å². The molecule has 7 heteroatoms. The van der Waals surface area contributed by atoms with Gasteiger partial charge in [-0.25, -0.2) is 9.18 Å². The van der Waals surface area contributed by atoms with Gasteiger partial charge in [-0.3, -0.25) is 5.10 Å². The molecule has 0 aliphatic carbocycles. The van der Waals surface area contributed by atoms with Crippen molar-refractivity contribution in [3.63, 3.8) is 0 Å². The summed E-state index contributed by atoms with van der Waals surface area (Å²) in [4.78, 5) is 14.2. The molecule has 29 heavy (non-hydrogen) atoms. The fourth-order valence-corrected chi connectivity index (χ4v) is 3.64. The Morgan fingerprint density at radius 2 is 1.97 bits per heavy atom. The minimum Gasteiger partial charge on any atom is -0.497 e. The van der Waals surface area contributed by atoms with E-state index in [0.29, 0.717) is 24.7 Å². The molecule has 1 fully saturated rings. The van der Waals surface area contributed by atoms with E-state index in [0.717, 1.165) is 35.5 Å². The van der Waals surface area contributed by atoms with Crippen molar-refractivity contribution in [1.82, 2.24) is 15.1 Å². The zero-order valence-electron chi connectivity index (χ0n) is 16.2. The first-order valence-electron chi connectivity index (χ1n) is 9.63. The Hall–Kier alpha value is -3.35. The zero-order valence-corrected chi connectivity index (χ0v) is 16.2. The summed E-state index contributed by atoms with van der Waals surface area (Å²) >= 11 is 0. The number of amides is 2. The first-order valence-corrected chi connectivity index (χ1v) is 9.63. The fourth-order valence-electron chi connectivity index (χ4n) is 3.64. The van der Waals surface area contributed by atoms with E-state index >= 15 is 0 Å². The Labute approximate surface area is 168 Å². The van der Waals surface area contributed by atoms with Crippen molar-refractivity contribution < 1.29 is 13.9 Å². The van der Waals surface area contributed by atoms with Crippen LogP contribution < -0.4 is 10.1 Å². The molecule has 2 N–H and O–H groups in total. The molecule has 1 aromatic heterocycles. The molecule has 3 aromatic rings. The predicted molar refractivity (Wildman–Crippen MR) is 110 cm³/mol. The lowest BCUT2D eigenvalue weighted by atomic mass is 9.93. The van der Waals surface area contributed by atoms with Gasteiger partial charge in [0.25, 0.3) is 0 Å². The van der Waals surface area contributed by atoms with Crippen LogP contribution in [-0.4, -0.2) is 41.3 Å². The number of ether oxygens (including phenoxy) is 1. The Balaban J connectivity index is 1.36. The fraction of sp³-hybridized carbons (Fsp3) is 0.273. The first-order chi connectivity index (χ1) is 14.1. The van der Waals surface area contributed by atoms with Gasteiger partial charge in [-0.1, -0.05) is 18.2 Å². The van der Waals surface area contributed by atoms with Gasteiger partial charge in [-0.05, 0) is 49.2 Å². The molecule has 150 valence electrons. The van der Waals surface area contributed by atoms with E-state index in [9.17, 15) is 9.18 Å². The molecule has 0 radical (unpaired) electrons. The lowest BCUT2D eigenvalue weighted by Crippen LogP contribution is -2.40. The average molecular weight is 394 g/mol. The van der Waals surface area contributed by atoms with Crippen molar-refractivity contribution in [2.45, 2.75) is 18.8 Å². The number of H-pyrrole nitrogens is 1. The number of benzene rings is 2. The summed E-state index contributed by atoms with van der Waals surface area (Å²) in [5, 5.41) is 10.4. The van der Waals surface area contributed by atoms with E-state index in [1.807, 2.05) is 24.3 Å². The van der Waals surface area contributed by atoms with Gasteiger partial charge in [-0.2, -0.15) is 5.10 Å². The normalized spacial score (nSPS) is 14.6. The monoisotopic (exact) mass is 394 g/mol. The van der Waals surface area contributed by atoms with Crippen molar-refractivity contribution in [3.05, 3.63) is 66.1 Å². The van der Waals surface area contributed by atoms with Crippen LogP contribution >= 0.6 is 0 Å². The summed E-state index contributed by atoms with van der Waals surface area (Å²) < 4.78 is 18.6. The quantitative estimate of drug-likeness (QED) is 0.677. The summed E-state index contributed by atoms with van der Waals surface area (Å²) in [6.07, 6.45) is 1.69. The molecule has 1 saturated heterocycles. The Kier molecular flexibility index (Phi) is 5.46. The number of likely N-dealkylation sites (tertiary alicyclic amines) is 1. The summed E-state index contributed by atoms with van der Waals surface area (Å²) in [6.45, 7) is 1.28. The van der Waals surface area contributed by atoms with Gasteiger partial charge >= 0.3 is 6.03 Å². The molecule has 6 nitrogen and oxygen atoms in total. The lowest BCUT2D eigenvalue weighted by Gasteiger charge is -2.31. The van der Waals surface area contributed by atoms with E-state index in [4.69, 9.17) is 4.74 Å². The van der Waals surface area contributed by atoms with Crippen LogP contribution in [0.15, 0.2) is 54.6 Å². The number of hydrogen-bond donors (Lipinski definition) is 2. The van der Waals surface area contributed by atoms with E-state index < -0.39 is 0 Å². The maximum absolute atomic E-state index is 13.3.